The first-order chi connectivity index (χ1) is 11.7. The minimum atomic E-state index is -1.14. The van der Waals surface area contributed by atoms with Crippen LogP contribution in [0.2, 0.25) is 0 Å². The average molecular weight is 340 g/mol. The van der Waals surface area contributed by atoms with Crippen LogP contribution in [-0.4, -0.2) is 40.7 Å². The van der Waals surface area contributed by atoms with E-state index in [1.807, 2.05) is 39.0 Å². The lowest BCUT2D eigenvalue weighted by molar-refractivity contribution is -0.102. The first kappa shape index (κ1) is 15.9. The van der Waals surface area contributed by atoms with Crippen molar-refractivity contribution in [1.29, 1.82) is 0 Å². The predicted molar refractivity (Wildman–Crippen MR) is 93.6 cm³/mol. The van der Waals surface area contributed by atoms with Gasteiger partial charge in [-0.05, 0) is 43.9 Å². The van der Waals surface area contributed by atoms with Gasteiger partial charge in [-0.25, -0.2) is 4.79 Å². The van der Waals surface area contributed by atoms with Crippen LogP contribution < -0.4 is 5.32 Å². The van der Waals surface area contributed by atoms with Gasteiger partial charge in [0.05, 0.1) is 13.1 Å². The van der Waals surface area contributed by atoms with Crippen molar-refractivity contribution in [2.45, 2.75) is 32.0 Å². The van der Waals surface area contributed by atoms with Crippen molar-refractivity contribution >= 4 is 28.5 Å². The Hall–Kier alpha value is -2.60. The molecular formula is C19H20N2O4. The Morgan fingerprint density at radius 3 is 2.64 bits per heavy atom. The molecule has 0 aliphatic carbocycles. The summed E-state index contributed by atoms with van der Waals surface area (Å²) >= 11 is 0. The zero-order chi connectivity index (χ0) is 18.0. The van der Waals surface area contributed by atoms with Gasteiger partial charge in [0.15, 0.2) is 0 Å². The number of carbonyl (C=O) groups excluding carboxylic acids is 2. The minimum absolute atomic E-state index is 0.131. The molecule has 130 valence electrons. The third-order valence-electron chi connectivity index (χ3n) is 4.59. The molecule has 0 bridgehead atoms. The van der Waals surface area contributed by atoms with Gasteiger partial charge in [0.1, 0.15) is 11.2 Å². The summed E-state index contributed by atoms with van der Waals surface area (Å²) in [7, 11) is 0. The summed E-state index contributed by atoms with van der Waals surface area (Å²) in [5, 5.41) is 15.5. The fourth-order valence-corrected chi connectivity index (χ4v) is 3.51. The lowest BCUT2D eigenvalue weighted by atomic mass is 9.82. The molecule has 6 heteroatoms. The number of amides is 2. The molecule has 0 unspecified atom stereocenters. The number of ether oxygens (including phenoxy) is 1. The molecule has 2 aromatic carbocycles. The SMILES string of the molecule is CC(C)(C)OC(=O)N1CC(O)(c2ccc3c4c(cccc24)NC3=O)C1. The summed E-state index contributed by atoms with van der Waals surface area (Å²) in [6.07, 6.45) is -0.431. The third-order valence-corrected chi connectivity index (χ3v) is 4.59. The monoisotopic (exact) mass is 340 g/mol. The summed E-state index contributed by atoms with van der Waals surface area (Å²) in [5.41, 5.74) is 0.385. The first-order valence-corrected chi connectivity index (χ1v) is 8.26. The third kappa shape index (κ3) is 2.44. The van der Waals surface area contributed by atoms with Crippen LogP contribution in [0.5, 0.6) is 0 Å². The summed E-state index contributed by atoms with van der Waals surface area (Å²) in [4.78, 5) is 25.6. The highest BCUT2D eigenvalue weighted by Gasteiger charge is 2.47. The normalized spacial score (nSPS) is 18.1. The van der Waals surface area contributed by atoms with Crippen LogP contribution in [0.15, 0.2) is 30.3 Å². The van der Waals surface area contributed by atoms with Gasteiger partial charge in [0.2, 0.25) is 0 Å². The molecule has 1 fully saturated rings. The molecule has 25 heavy (non-hydrogen) atoms. The topological polar surface area (TPSA) is 78.9 Å². The molecule has 6 nitrogen and oxygen atoms in total. The lowest BCUT2D eigenvalue weighted by Gasteiger charge is -2.47. The van der Waals surface area contributed by atoms with Crippen LogP contribution in [0.25, 0.3) is 10.8 Å². The number of nitrogens with one attached hydrogen (secondary N) is 1. The van der Waals surface area contributed by atoms with E-state index in [9.17, 15) is 14.7 Å². The summed E-state index contributed by atoms with van der Waals surface area (Å²) in [6, 6.07) is 9.10. The number of β-amino-alcohol motifs (C(OH)–C–C–N with tert-alkyl or cyclic N) is 1. The van der Waals surface area contributed by atoms with E-state index >= 15 is 0 Å². The van der Waals surface area contributed by atoms with Gasteiger partial charge in [-0.3, -0.25) is 4.79 Å². The maximum atomic E-state index is 12.1. The van der Waals surface area contributed by atoms with E-state index in [0.717, 1.165) is 22.0 Å². The van der Waals surface area contributed by atoms with Gasteiger partial charge >= 0.3 is 6.09 Å². The Morgan fingerprint density at radius 2 is 1.96 bits per heavy atom. The zero-order valence-corrected chi connectivity index (χ0v) is 14.4. The highest BCUT2D eigenvalue weighted by Crippen LogP contribution is 2.41. The highest BCUT2D eigenvalue weighted by atomic mass is 16.6. The molecule has 1 saturated heterocycles. The largest absolute Gasteiger partial charge is 0.444 e. The molecule has 2 aromatic rings. The molecule has 0 spiro atoms. The predicted octanol–water partition coefficient (Wildman–Crippen LogP) is 2.84. The summed E-state index contributed by atoms with van der Waals surface area (Å²) < 4.78 is 5.34. The molecule has 2 N–H and O–H groups in total. The van der Waals surface area contributed by atoms with Gasteiger partial charge in [-0.2, -0.15) is 0 Å². The quantitative estimate of drug-likeness (QED) is 0.837. The average Bonchev–Trinajstić information content (AvgIpc) is 2.81. The second kappa shape index (κ2) is 4.95. The van der Waals surface area contributed by atoms with Crippen molar-refractivity contribution in [2.24, 2.45) is 0 Å². The van der Waals surface area contributed by atoms with Crippen LogP contribution in [0, 0.1) is 0 Å². The van der Waals surface area contributed by atoms with E-state index in [0.29, 0.717) is 5.56 Å². The van der Waals surface area contributed by atoms with Crippen molar-refractivity contribution < 1.29 is 19.4 Å². The van der Waals surface area contributed by atoms with Crippen LogP contribution in [0.4, 0.5) is 10.5 Å². The Morgan fingerprint density at radius 1 is 1.24 bits per heavy atom. The van der Waals surface area contributed by atoms with E-state index in [4.69, 9.17) is 4.74 Å². The maximum Gasteiger partial charge on any atom is 0.410 e. The second-order valence-corrected chi connectivity index (χ2v) is 7.71. The van der Waals surface area contributed by atoms with Crippen molar-refractivity contribution in [3.8, 4) is 0 Å². The minimum Gasteiger partial charge on any atom is -0.444 e. The van der Waals surface area contributed by atoms with Crippen molar-refractivity contribution in [3.05, 3.63) is 41.5 Å². The number of benzene rings is 2. The van der Waals surface area contributed by atoms with Crippen molar-refractivity contribution in [3.63, 3.8) is 0 Å². The number of anilines is 1. The van der Waals surface area contributed by atoms with Crippen molar-refractivity contribution in [2.75, 3.05) is 18.4 Å². The van der Waals surface area contributed by atoms with Gasteiger partial charge in [-0.1, -0.05) is 18.2 Å². The number of aliphatic hydroxyl groups is 1. The molecular weight excluding hydrogens is 320 g/mol. The molecule has 0 saturated carbocycles. The highest BCUT2D eigenvalue weighted by molar-refractivity contribution is 6.24. The number of nitrogens with zero attached hydrogens (tertiary/aromatic N) is 1. The van der Waals surface area contributed by atoms with Gasteiger partial charge in [0.25, 0.3) is 5.91 Å². The van der Waals surface area contributed by atoms with Gasteiger partial charge < -0.3 is 20.1 Å². The number of hydrogen-bond acceptors (Lipinski definition) is 4. The van der Waals surface area contributed by atoms with E-state index in [2.05, 4.69) is 5.32 Å². The Labute approximate surface area is 145 Å². The first-order valence-electron chi connectivity index (χ1n) is 8.26. The smallest absolute Gasteiger partial charge is 0.410 e. The maximum absolute atomic E-state index is 12.1. The fourth-order valence-electron chi connectivity index (χ4n) is 3.51. The number of hydrogen-bond donors (Lipinski definition) is 2. The molecule has 0 aromatic heterocycles. The zero-order valence-electron chi connectivity index (χ0n) is 14.4. The summed E-state index contributed by atoms with van der Waals surface area (Å²) in [5.74, 6) is -0.131. The number of likely N-dealkylation sites (tertiary alicyclic amines) is 1. The van der Waals surface area contributed by atoms with Crippen molar-refractivity contribution in [1.82, 2.24) is 4.90 Å². The van der Waals surface area contributed by atoms with Crippen LogP contribution in [0.3, 0.4) is 0 Å². The molecule has 2 amide bonds. The Kier molecular flexibility index (Phi) is 3.15. The standard InChI is InChI=1S/C19H20N2O4/c1-18(2,3)25-17(23)21-9-19(24,10-21)13-8-7-12-15-11(13)5-4-6-14(15)20-16(12)22/h4-8,24H,9-10H2,1-3H3,(H,20,22). The second-order valence-electron chi connectivity index (χ2n) is 7.71. The molecule has 0 radical (unpaired) electrons. The Balaban J connectivity index is 1.65. The molecule has 2 heterocycles. The Bertz CT molecular complexity index is 908. The van der Waals surface area contributed by atoms with E-state index in [-0.39, 0.29) is 19.0 Å². The molecule has 4 rings (SSSR count). The molecule has 2 aliphatic rings. The summed E-state index contributed by atoms with van der Waals surface area (Å²) in [6.45, 7) is 5.77. The molecule has 0 atom stereocenters. The number of rotatable bonds is 1. The number of carbonyl (C=O) groups is 2. The van der Waals surface area contributed by atoms with Crippen LogP contribution >= 0.6 is 0 Å². The van der Waals surface area contributed by atoms with Gasteiger partial charge in [-0.15, -0.1) is 0 Å². The van der Waals surface area contributed by atoms with Crippen LogP contribution in [-0.2, 0) is 10.3 Å². The van der Waals surface area contributed by atoms with Crippen LogP contribution in [0.1, 0.15) is 36.7 Å². The van der Waals surface area contributed by atoms with E-state index in [1.165, 1.54) is 4.90 Å². The fraction of sp³-hybridized carbons (Fsp3) is 0.368. The van der Waals surface area contributed by atoms with E-state index in [1.54, 1.807) is 12.1 Å². The molecule has 2 aliphatic heterocycles. The van der Waals surface area contributed by atoms with Gasteiger partial charge in [0, 0.05) is 16.6 Å². The van der Waals surface area contributed by atoms with E-state index < -0.39 is 17.3 Å². The lowest BCUT2D eigenvalue weighted by Crippen LogP contribution is -2.62.